The molecule has 0 spiro atoms. The van der Waals surface area contributed by atoms with Crippen molar-refractivity contribution in [1.29, 1.82) is 0 Å². The lowest BCUT2D eigenvalue weighted by Crippen LogP contribution is -2.54. The highest BCUT2D eigenvalue weighted by atomic mass is 32.2. The SMILES string of the molecule is CC[C@H]1O[C@@H]2SC(N3CCCC3)=N[C@@H]2[C@@H](O)[C@@H]1O. The second kappa shape index (κ2) is 5.00. The zero-order valence-electron chi connectivity index (χ0n) is 10.5. The van der Waals surface area contributed by atoms with Crippen LogP contribution in [0.5, 0.6) is 0 Å². The van der Waals surface area contributed by atoms with E-state index in [1.54, 1.807) is 11.8 Å². The molecule has 2 saturated heterocycles. The van der Waals surface area contributed by atoms with E-state index >= 15 is 0 Å². The minimum absolute atomic E-state index is 0.135. The summed E-state index contributed by atoms with van der Waals surface area (Å²) in [5, 5.41) is 21.1. The number of fused-ring (bicyclic) bond motifs is 1. The van der Waals surface area contributed by atoms with Crippen molar-refractivity contribution >= 4 is 16.9 Å². The van der Waals surface area contributed by atoms with Crippen LogP contribution in [0.25, 0.3) is 0 Å². The quantitative estimate of drug-likeness (QED) is 0.724. The van der Waals surface area contributed by atoms with Gasteiger partial charge in [0.2, 0.25) is 0 Å². The Morgan fingerprint density at radius 3 is 2.72 bits per heavy atom. The Bertz CT molecular complexity index is 346. The predicted octanol–water partition coefficient (Wildman–Crippen LogP) is 0.410. The maximum atomic E-state index is 10.1. The van der Waals surface area contributed by atoms with Gasteiger partial charge in [-0.1, -0.05) is 18.7 Å². The molecule has 18 heavy (non-hydrogen) atoms. The summed E-state index contributed by atoms with van der Waals surface area (Å²) >= 11 is 1.60. The molecule has 0 amide bonds. The molecule has 0 aromatic heterocycles. The van der Waals surface area contributed by atoms with Crippen molar-refractivity contribution in [2.24, 2.45) is 4.99 Å². The van der Waals surface area contributed by atoms with Crippen LogP contribution >= 0.6 is 11.8 Å². The third kappa shape index (κ3) is 2.05. The standard InChI is InChI=1S/C12H20N2O3S/c1-2-7-9(15)10(16)8-11(17-7)18-12(13-8)14-5-3-4-6-14/h7-11,15-16H,2-6H2,1H3/t7-,8-,9-,10-,11-/m1/s1. The van der Waals surface area contributed by atoms with Crippen LogP contribution < -0.4 is 0 Å². The first kappa shape index (κ1) is 12.7. The van der Waals surface area contributed by atoms with Gasteiger partial charge >= 0.3 is 0 Å². The van der Waals surface area contributed by atoms with Crippen LogP contribution in [0.3, 0.4) is 0 Å². The molecule has 2 N–H and O–H groups in total. The van der Waals surface area contributed by atoms with Gasteiger partial charge in [0.25, 0.3) is 0 Å². The van der Waals surface area contributed by atoms with Crippen LogP contribution in [0, 0.1) is 0 Å². The van der Waals surface area contributed by atoms with Crippen molar-refractivity contribution in [2.45, 2.75) is 56.0 Å². The van der Waals surface area contributed by atoms with Crippen LogP contribution in [0.1, 0.15) is 26.2 Å². The summed E-state index contributed by atoms with van der Waals surface area (Å²) in [6, 6.07) is -0.316. The Morgan fingerprint density at radius 1 is 1.33 bits per heavy atom. The van der Waals surface area contributed by atoms with Gasteiger partial charge in [-0.15, -0.1) is 0 Å². The van der Waals surface area contributed by atoms with Crippen molar-refractivity contribution in [3.63, 3.8) is 0 Å². The summed E-state index contributed by atoms with van der Waals surface area (Å²) in [5.74, 6) is 0. The smallest absolute Gasteiger partial charge is 0.162 e. The highest BCUT2D eigenvalue weighted by molar-refractivity contribution is 8.14. The van der Waals surface area contributed by atoms with Gasteiger partial charge in [0.1, 0.15) is 23.7 Å². The highest BCUT2D eigenvalue weighted by Crippen LogP contribution is 2.38. The molecular formula is C12H20N2O3S. The number of nitrogens with zero attached hydrogens (tertiary/aromatic N) is 2. The fourth-order valence-corrected chi connectivity index (χ4v) is 4.10. The van der Waals surface area contributed by atoms with E-state index in [9.17, 15) is 10.2 Å². The third-order valence-corrected chi connectivity index (χ3v) is 5.13. The zero-order chi connectivity index (χ0) is 12.7. The first-order chi connectivity index (χ1) is 8.70. The average Bonchev–Trinajstić information content (AvgIpc) is 3.01. The van der Waals surface area contributed by atoms with Crippen LogP contribution in [-0.4, -0.2) is 63.2 Å². The summed E-state index contributed by atoms with van der Waals surface area (Å²) in [6.07, 6.45) is 1.22. The molecule has 3 heterocycles. The molecule has 5 nitrogen and oxygen atoms in total. The number of amidine groups is 1. The summed E-state index contributed by atoms with van der Waals surface area (Å²) < 4.78 is 5.84. The van der Waals surface area contributed by atoms with Crippen molar-refractivity contribution < 1.29 is 14.9 Å². The van der Waals surface area contributed by atoms with Gasteiger partial charge in [-0.2, -0.15) is 0 Å². The second-order valence-electron chi connectivity index (χ2n) is 5.15. The van der Waals surface area contributed by atoms with Gasteiger partial charge in [-0.3, -0.25) is 4.99 Å². The lowest BCUT2D eigenvalue weighted by molar-refractivity contribution is -0.153. The average molecular weight is 272 g/mol. The number of aliphatic hydroxyl groups excluding tert-OH is 2. The van der Waals surface area contributed by atoms with E-state index in [-0.39, 0.29) is 17.6 Å². The molecule has 0 bridgehead atoms. The second-order valence-corrected chi connectivity index (χ2v) is 6.21. The minimum atomic E-state index is -0.821. The molecule has 0 unspecified atom stereocenters. The Kier molecular flexibility index (Phi) is 3.53. The fourth-order valence-electron chi connectivity index (χ4n) is 2.82. The molecule has 0 aromatic carbocycles. The zero-order valence-corrected chi connectivity index (χ0v) is 11.3. The maximum absolute atomic E-state index is 10.1. The normalized spacial score (nSPS) is 44.1. The fraction of sp³-hybridized carbons (Fsp3) is 0.917. The minimum Gasteiger partial charge on any atom is -0.388 e. The Hall–Kier alpha value is -0.300. The van der Waals surface area contributed by atoms with Crippen LogP contribution in [0.15, 0.2) is 4.99 Å². The number of hydrogen-bond donors (Lipinski definition) is 2. The first-order valence-corrected chi connectivity index (χ1v) is 7.59. The Balaban J connectivity index is 1.74. The van der Waals surface area contributed by atoms with Crippen LogP contribution in [0.2, 0.25) is 0 Å². The highest BCUT2D eigenvalue weighted by Gasteiger charge is 2.48. The van der Waals surface area contributed by atoms with E-state index in [4.69, 9.17) is 4.74 Å². The summed E-state index contributed by atoms with van der Waals surface area (Å²) in [4.78, 5) is 6.82. The molecule has 0 aromatic rings. The molecule has 102 valence electrons. The van der Waals surface area contributed by atoms with Crippen molar-refractivity contribution in [2.75, 3.05) is 13.1 Å². The Labute approximate surface area is 111 Å². The first-order valence-electron chi connectivity index (χ1n) is 6.71. The van der Waals surface area contributed by atoms with Gasteiger partial charge in [0.15, 0.2) is 5.17 Å². The topological polar surface area (TPSA) is 65.3 Å². The van der Waals surface area contributed by atoms with Gasteiger partial charge in [-0.25, -0.2) is 0 Å². The van der Waals surface area contributed by atoms with Gasteiger partial charge in [0, 0.05) is 13.1 Å². The predicted molar refractivity (Wildman–Crippen MR) is 70.6 cm³/mol. The molecule has 3 aliphatic rings. The van der Waals surface area contributed by atoms with E-state index in [2.05, 4.69) is 9.89 Å². The molecule has 0 radical (unpaired) electrons. The molecule has 0 aliphatic carbocycles. The number of rotatable bonds is 1. The third-order valence-electron chi connectivity index (χ3n) is 3.93. The van der Waals surface area contributed by atoms with Gasteiger partial charge in [0.05, 0.1) is 6.10 Å². The number of thioether (sulfide) groups is 1. The largest absolute Gasteiger partial charge is 0.388 e. The molecule has 0 saturated carbocycles. The van der Waals surface area contributed by atoms with Gasteiger partial charge < -0.3 is 19.8 Å². The van der Waals surface area contributed by atoms with Crippen molar-refractivity contribution in [3.05, 3.63) is 0 Å². The maximum Gasteiger partial charge on any atom is 0.162 e. The summed E-state index contributed by atoms with van der Waals surface area (Å²) in [7, 11) is 0. The van der Waals surface area contributed by atoms with E-state index in [0.717, 1.165) is 18.3 Å². The number of likely N-dealkylation sites (tertiary alicyclic amines) is 1. The van der Waals surface area contributed by atoms with Crippen LogP contribution in [-0.2, 0) is 4.74 Å². The molecule has 3 aliphatic heterocycles. The molecule has 3 rings (SSSR count). The Morgan fingerprint density at radius 2 is 2.06 bits per heavy atom. The number of aliphatic hydroxyl groups is 2. The van der Waals surface area contributed by atoms with E-state index < -0.39 is 12.2 Å². The van der Waals surface area contributed by atoms with E-state index in [1.165, 1.54) is 12.8 Å². The number of hydrogen-bond acceptors (Lipinski definition) is 6. The lowest BCUT2D eigenvalue weighted by Gasteiger charge is -2.37. The van der Waals surface area contributed by atoms with Gasteiger partial charge in [-0.05, 0) is 19.3 Å². The summed E-state index contributed by atoms with van der Waals surface area (Å²) in [5.41, 5.74) is -0.135. The molecule has 6 heteroatoms. The summed E-state index contributed by atoms with van der Waals surface area (Å²) in [6.45, 7) is 4.05. The molecule has 5 atom stereocenters. The number of ether oxygens (including phenoxy) is 1. The lowest BCUT2D eigenvalue weighted by atomic mass is 9.97. The van der Waals surface area contributed by atoms with Crippen LogP contribution in [0.4, 0.5) is 0 Å². The van der Waals surface area contributed by atoms with E-state index in [0.29, 0.717) is 6.42 Å². The monoisotopic (exact) mass is 272 g/mol. The molecule has 2 fully saturated rings. The van der Waals surface area contributed by atoms with E-state index in [1.807, 2.05) is 6.92 Å². The molecular weight excluding hydrogens is 252 g/mol. The van der Waals surface area contributed by atoms with Crippen molar-refractivity contribution in [1.82, 2.24) is 4.90 Å². The van der Waals surface area contributed by atoms with Crippen molar-refractivity contribution in [3.8, 4) is 0 Å². The number of aliphatic imine (C=N–C) groups is 1.